The monoisotopic (exact) mass is 251 g/mol. The number of hydrogen-bond acceptors (Lipinski definition) is 2. The van der Waals surface area contributed by atoms with Crippen molar-refractivity contribution in [1.82, 2.24) is 9.88 Å². The maximum atomic E-state index is 9.16. The lowest BCUT2D eigenvalue weighted by Gasteiger charge is -2.26. The van der Waals surface area contributed by atoms with Crippen LogP contribution in [0.15, 0.2) is 30.3 Å². The van der Waals surface area contributed by atoms with Crippen LogP contribution in [0.3, 0.4) is 0 Å². The number of benzene rings is 1. The molecule has 0 aliphatic carbocycles. The number of hydrogen-bond donors (Lipinski definition) is 1. The van der Waals surface area contributed by atoms with E-state index in [1.54, 1.807) is 0 Å². The third-order valence-electron chi connectivity index (χ3n) is 4.16. The fraction of sp³-hybridized carbons (Fsp3) is 0.312. The molecular formula is C16H17N3. The lowest BCUT2D eigenvalue weighted by Crippen LogP contribution is -2.28. The quantitative estimate of drug-likeness (QED) is 0.845. The molecule has 0 radical (unpaired) electrons. The molecule has 0 saturated heterocycles. The molecule has 0 saturated carbocycles. The predicted molar refractivity (Wildman–Crippen MR) is 74.9 cm³/mol. The van der Waals surface area contributed by atoms with Crippen LogP contribution in [0.25, 0.3) is 0 Å². The van der Waals surface area contributed by atoms with E-state index in [4.69, 9.17) is 5.26 Å². The Bertz CT molecular complexity index is 661. The third kappa shape index (κ3) is 1.85. The highest BCUT2D eigenvalue weighted by Gasteiger charge is 2.24. The van der Waals surface area contributed by atoms with Crippen molar-refractivity contribution in [1.29, 1.82) is 5.26 Å². The highest BCUT2D eigenvalue weighted by molar-refractivity contribution is 5.45. The molecule has 0 bridgehead atoms. The molecule has 0 amide bonds. The molecule has 96 valence electrons. The molecule has 1 N–H and O–H groups in total. The van der Waals surface area contributed by atoms with Gasteiger partial charge in [0.15, 0.2) is 0 Å². The fourth-order valence-corrected chi connectivity index (χ4v) is 2.96. The van der Waals surface area contributed by atoms with Gasteiger partial charge >= 0.3 is 0 Å². The molecule has 2 aromatic rings. The van der Waals surface area contributed by atoms with Gasteiger partial charge in [0.05, 0.1) is 0 Å². The Morgan fingerprint density at radius 2 is 2.11 bits per heavy atom. The van der Waals surface area contributed by atoms with Crippen molar-refractivity contribution >= 4 is 0 Å². The minimum Gasteiger partial charge on any atom is -0.340 e. The van der Waals surface area contributed by atoms with Crippen molar-refractivity contribution in [3.8, 4) is 6.07 Å². The van der Waals surface area contributed by atoms with Gasteiger partial charge in [0.1, 0.15) is 11.8 Å². The molecule has 1 aliphatic rings. The zero-order valence-corrected chi connectivity index (χ0v) is 11.3. The zero-order chi connectivity index (χ0) is 13.4. The molecule has 0 spiro atoms. The van der Waals surface area contributed by atoms with E-state index in [9.17, 15) is 0 Å². The average molecular weight is 251 g/mol. The Hall–Kier alpha value is -2.05. The fourth-order valence-electron chi connectivity index (χ4n) is 2.96. The van der Waals surface area contributed by atoms with Crippen molar-refractivity contribution in [3.05, 3.63) is 58.4 Å². The summed E-state index contributed by atoms with van der Waals surface area (Å²) in [7, 11) is 1.96. The maximum Gasteiger partial charge on any atom is 0.120 e. The van der Waals surface area contributed by atoms with Gasteiger partial charge in [-0.05, 0) is 29.7 Å². The van der Waals surface area contributed by atoms with Gasteiger partial charge < -0.3 is 9.88 Å². The van der Waals surface area contributed by atoms with Gasteiger partial charge in [-0.1, -0.05) is 24.3 Å². The minimum atomic E-state index is 0.346. The Kier molecular flexibility index (Phi) is 2.88. The Balaban J connectivity index is 2.12. The highest BCUT2D eigenvalue weighted by atomic mass is 15.0. The van der Waals surface area contributed by atoms with Crippen LogP contribution >= 0.6 is 0 Å². The lowest BCUT2D eigenvalue weighted by molar-refractivity contribution is 0.588. The van der Waals surface area contributed by atoms with E-state index in [0.717, 1.165) is 18.8 Å². The van der Waals surface area contributed by atoms with Gasteiger partial charge in [-0.2, -0.15) is 5.26 Å². The van der Waals surface area contributed by atoms with Gasteiger partial charge in [0, 0.05) is 31.7 Å². The van der Waals surface area contributed by atoms with Gasteiger partial charge in [-0.3, -0.25) is 0 Å². The van der Waals surface area contributed by atoms with Crippen molar-refractivity contribution in [3.63, 3.8) is 0 Å². The van der Waals surface area contributed by atoms with E-state index in [-0.39, 0.29) is 0 Å². The molecule has 1 aromatic carbocycles. The SMILES string of the molecule is Cc1c(C2CNCc3ccccc32)cc(C#N)n1C. The molecule has 0 fully saturated rings. The van der Waals surface area contributed by atoms with E-state index in [2.05, 4.69) is 42.6 Å². The maximum absolute atomic E-state index is 9.16. The van der Waals surface area contributed by atoms with E-state index in [1.807, 2.05) is 17.7 Å². The topological polar surface area (TPSA) is 40.8 Å². The normalized spacial score (nSPS) is 17.8. The van der Waals surface area contributed by atoms with Crippen LogP contribution in [0.4, 0.5) is 0 Å². The largest absolute Gasteiger partial charge is 0.340 e. The van der Waals surface area contributed by atoms with Crippen molar-refractivity contribution in [2.24, 2.45) is 7.05 Å². The van der Waals surface area contributed by atoms with Gasteiger partial charge in [-0.25, -0.2) is 0 Å². The molecular weight excluding hydrogens is 234 g/mol. The van der Waals surface area contributed by atoms with Crippen LogP contribution < -0.4 is 5.32 Å². The summed E-state index contributed by atoms with van der Waals surface area (Å²) < 4.78 is 1.98. The second-order valence-electron chi connectivity index (χ2n) is 5.12. The van der Waals surface area contributed by atoms with Gasteiger partial charge in [0.2, 0.25) is 0 Å². The lowest BCUT2D eigenvalue weighted by atomic mass is 9.85. The number of nitriles is 1. The summed E-state index contributed by atoms with van der Waals surface area (Å²) >= 11 is 0. The number of rotatable bonds is 1. The molecule has 3 nitrogen and oxygen atoms in total. The molecule has 1 aliphatic heterocycles. The van der Waals surface area contributed by atoms with Crippen LogP contribution in [0.5, 0.6) is 0 Å². The van der Waals surface area contributed by atoms with E-state index in [1.165, 1.54) is 22.4 Å². The first-order chi connectivity index (χ1) is 9.22. The summed E-state index contributed by atoms with van der Waals surface area (Å²) in [4.78, 5) is 0. The molecule has 2 heterocycles. The number of aromatic nitrogens is 1. The van der Waals surface area contributed by atoms with Crippen molar-refractivity contribution < 1.29 is 0 Å². The van der Waals surface area contributed by atoms with Crippen LogP contribution in [-0.2, 0) is 13.6 Å². The second kappa shape index (κ2) is 4.56. The second-order valence-corrected chi connectivity index (χ2v) is 5.12. The first kappa shape index (κ1) is 12.0. The Labute approximate surface area is 113 Å². The summed E-state index contributed by atoms with van der Waals surface area (Å²) in [5.41, 5.74) is 5.93. The Morgan fingerprint density at radius 3 is 2.84 bits per heavy atom. The van der Waals surface area contributed by atoms with E-state index < -0.39 is 0 Å². The van der Waals surface area contributed by atoms with Crippen molar-refractivity contribution in [2.45, 2.75) is 19.4 Å². The Morgan fingerprint density at radius 1 is 1.32 bits per heavy atom. The minimum absolute atomic E-state index is 0.346. The van der Waals surface area contributed by atoms with Gasteiger partial charge in [-0.15, -0.1) is 0 Å². The zero-order valence-electron chi connectivity index (χ0n) is 11.3. The van der Waals surface area contributed by atoms with Crippen molar-refractivity contribution in [2.75, 3.05) is 6.54 Å². The van der Waals surface area contributed by atoms with E-state index in [0.29, 0.717) is 5.92 Å². The summed E-state index contributed by atoms with van der Waals surface area (Å²) in [6.45, 7) is 3.96. The number of nitrogens with zero attached hydrogens (tertiary/aromatic N) is 2. The molecule has 1 unspecified atom stereocenters. The molecule has 3 heteroatoms. The number of fused-ring (bicyclic) bond motifs is 1. The smallest absolute Gasteiger partial charge is 0.120 e. The van der Waals surface area contributed by atoms with Crippen LogP contribution in [-0.4, -0.2) is 11.1 Å². The number of nitrogens with one attached hydrogen (secondary N) is 1. The van der Waals surface area contributed by atoms with E-state index >= 15 is 0 Å². The van der Waals surface area contributed by atoms with Gasteiger partial charge in [0.25, 0.3) is 0 Å². The molecule has 19 heavy (non-hydrogen) atoms. The van der Waals surface area contributed by atoms with Crippen LogP contribution in [0.1, 0.15) is 34.0 Å². The first-order valence-electron chi connectivity index (χ1n) is 6.57. The summed E-state index contributed by atoms with van der Waals surface area (Å²) in [6, 6.07) is 12.9. The highest BCUT2D eigenvalue weighted by Crippen LogP contribution is 2.32. The average Bonchev–Trinajstić information content (AvgIpc) is 2.74. The van der Waals surface area contributed by atoms with Crippen LogP contribution in [0.2, 0.25) is 0 Å². The summed E-state index contributed by atoms with van der Waals surface area (Å²) in [6.07, 6.45) is 0. The first-order valence-corrected chi connectivity index (χ1v) is 6.57. The standard InChI is InChI=1S/C16H17N3/c1-11-15(7-13(8-17)19(11)2)16-10-18-9-12-5-3-4-6-14(12)16/h3-7,16,18H,9-10H2,1-2H3. The predicted octanol–water partition coefficient (Wildman–Crippen LogP) is 2.44. The van der Waals surface area contributed by atoms with Crippen LogP contribution in [0, 0.1) is 18.3 Å². The summed E-state index contributed by atoms with van der Waals surface area (Å²) in [5.74, 6) is 0.346. The summed E-state index contributed by atoms with van der Waals surface area (Å²) in [5, 5.41) is 12.6. The third-order valence-corrected chi connectivity index (χ3v) is 4.16. The molecule has 1 atom stereocenters. The molecule has 1 aromatic heterocycles. The molecule has 3 rings (SSSR count).